The van der Waals surface area contributed by atoms with Crippen LogP contribution in [-0.2, 0) is 14.6 Å². The summed E-state index contributed by atoms with van der Waals surface area (Å²) in [6.07, 6.45) is 3.52. The summed E-state index contributed by atoms with van der Waals surface area (Å²) >= 11 is 1.73. The molecule has 1 atom stereocenters. The molecular weight excluding hydrogens is 296 g/mol. The molecule has 7 heteroatoms. The van der Waals surface area contributed by atoms with E-state index >= 15 is 0 Å². The van der Waals surface area contributed by atoms with Crippen LogP contribution in [0.1, 0.15) is 19.8 Å². The van der Waals surface area contributed by atoms with Crippen molar-refractivity contribution in [2.24, 2.45) is 0 Å². The predicted molar refractivity (Wildman–Crippen MR) is 86.1 cm³/mol. The van der Waals surface area contributed by atoms with E-state index in [1.165, 1.54) is 6.26 Å². The minimum Gasteiger partial charge on any atom is -0.382 e. The second-order valence-corrected chi connectivity index (χ2v) is 8.40. The highest BCUT2D eigenvalue weighted by Gasteiger charge is 2.30. The van der Waals surface area contributed by atoms with Crippen molar-refractivity contribution in [2.45, 2.75) is 25.1 Å². The number of hydrogen-bond acceptors (Lipinski definition) is 6. The third-order valence-electron chi connectivity index (χ3n) is 3.36. The van der Waals surface area contributed by atoms with Gasteiger partial charge in [0.1, 0.15) is 5.37 Å². The Morgan fingerprint density at radius 3 is 2.85 bits per heavy atom. The van der Waals surface area contributed by atoms with Crippen LogP contribution in [0.5, 0.6) is 0 Å². The van der Waals surface area contributed by atoms with Crippen molar-refractivity contribution in [2.75, 3.05) is 57.2 Å². The highest BCUT2D eigenvalue weighted by molar-refractivity contribution is 8.00. The number of nitrogens with zero attached hydrogens (tertiary/aromatic N) is 1. The van der Waals surface area contributed by atoms with Crippen LogP contribution in [0.4, 0.5) is 0 Å². The lowest BCUT2D eigenvalue weighted by Crippen LogP contribution is -2.49. The summed E-state index contributed by atoms with van der Waals surface area (Å²) in [5.74, 6) is 1.73. The first-order valence-electron chi connectivity index (χ1n) is 7.35. The van der Waals surface area contributed by atoms with Crippen LogP contribution in [0.3, 0.4) is 0 Å². The van der Waals surface area contributed by atoms with E-state index in [0.29, 0.717) is 5.75 Å². The van der Waals surface area contributed by atoms with E-state index in [1.807, 2.05) is 6.92 Å². The van der Waals surface area contributed by atoms with Crippen LogP contribution in [0.2, 0.25) is 0 Å². The highest BCUT2D eigenvalue weighted by Crippen LogP contribution is 2.19. The predicted octanol–water partition coefficient (Wildman–Crippen LogP) is 0.812. The van der Waals surface area contributed by atoms with Crippen molar-refractivity contribution in [3.8, 4) is 0 Å². The van der Waals surface area contributed by atoms with Crippen LogP contribution < -0.4 is 5.32 Å². The van der Waals surface area contributed by atoms with E-state index in [1.54, 1.807) is 11.8 Å². The Kier molecular flexibility index (Phi) is 9.11. The molecule has 120 valence electrons. The number of nitrogens with one attached hydrogen (secondary N) is 1. The lowest BCUT2D eigenvalue weighted by molar-refractivity contribution is 0.143. The first-order chi connectivity index (χ1) is 9.55. The maximum Gasteiger partial charge on any atom is 0.164 e. The molecule has 5 nitrogen and oxygen atoms in total. The maximum absolute atomic E-state index is 11.7. The standard InChI is InChI=1S/C13H28N2O3S2/c1-3-18-10-5-4-6-14-7-8-15-9-11-19-12-13(15)20(2,16)17/h13-14H,3-12H2,1-2H3. The minimum absolute atomic E-state index is 0.305. The molecule has 1 aliphatic rings. The normalized spacial score (nSPS) is 21.2. The maximum atomic E-state index is 11.7. The third-order valence-corrected chi connectivity index (χ3v) is 6.04. The Balaban J connectivity index is 2.13. The number of unbranched alkanes of at least 4 members (excludes halogenated alkanes) is 1. The molecule has 1 rings (SSSR count). The number of rotatable bonds is 10. The fourth-order valence-corrected chi connectivity index (χ4v) is 5.18. The molecule has 0 radical (unpaired) electrons. The van der Waals surface area contributed by atoms with Crippen molar-refractivity contribution in [3.63, 3.8) is 0 Å². The number of hydrogen-bond donors (Lipinski definition) is 1. The molecule has 0 amide bonds. The lowest BCUT2D eigenvalue weighted by atomic mass is 10.3. The molecule has 0 aromatic rings. The zero-order valence-electron chi connectivity index (χ0n) is 12.6. The fourth-order valence-electron chi connectivity index (χ4n) is 2.21. The van der Waals surface area contributed by atoms with Crippen LogP contribution in [0.15, 0.2) is 0 Å². The molecule has 0 aliphatic carbocycles. The summed E-state index contributed by atoms with van der Waals surface area (Å²) < 4.78 is 28.8. The summed E-state index contributed by atoms with van der Waals surface area (Å²) in [7, 11) is -2.97. The van der Waals surface area contributed by atoms with E-state index in [2.05, 4.69) is 10.2 Å². The molecule has 0 aromatic carbocycles. The van der Waals surface area contributed by atoms with Gasteiger partial charge in [0.15, 0.2) is 9.84 Å². The topological polar surface area (TPSA) is 58.6 Å². The average molecular weight is 325 g/mol. The van der Waals surface area contributed by atoms with Gasteiger partial charge in [0.2, 0.25) is 0 Å². The van der Waals surface area contributed by atoms with Gasteiger partial charge in [0, 0.05) is 50.6 Å². The van der Waals surface area contributed by atoms with Gasteiger partial charge in [0.05, 0.1) is 0 Å². The van der Waals surface area contributed by atoms with Gasteiger partial charge in [0.25, 0.3) is 0 Å². The molecule has 1 unspecified atom stereocenters. The van der Waals surface area contributed by atoms with Crippen LogP contribution in [0.25, 0.3) is 0 Å². The molecule has 1 N–H and O–H groups in total. The van der Waals surface area contributed by atoms with Gasteiger partial charge >= 0.3 is 0 Å². The van der Waals surface area contributed by atoms with Crippen molar-refractivity contribution < 1.29 is 13.2 Å². The van der Waals surface area contributed by atoms with Gasteiger partial charge in [-0.25, -0.2) is 8.42 Å². The van der Waals surface area contributed by atoms with E-state index in [0.717, 1.165) is 58.0 Å². The molecule has 0 saturated carbocycles. The molecule has 0 aromatic heterocycles. The summed E-state index contributed by atoms with van der Waals surface area (Å²) in [5, 5.41) is 3.08. The Morgan fingerprint density at radius 2 is 2.15 bits per heavy atom. The smallest absolute Gasteiger partial charge is 0.164 e. The largest absolute Gasteiger partial charge is 0.382 e. The summed E-state index contributed by atoms with van der Waals surface area (Å²) in [4.78, 5) is 2.10. The molecule has 1 aliphatic heterocycles. The Labute approximate surface area is 127 Å². The van der Waals surface area contributed by atoms with Crippen molar-refractivity contribution in [3.05, 3.63) is 0 Å². The molecule has 0 spiro atoms. The van der Waals surface area contributed by atoms with Gasteiger partial charge in [-0.3, -0.25) is 4.90 Å². The quantitative estimate of drug-likeness (QED) is 0.600. The second kappa shape index (κ2) is 10.00. The zero-order valence-corrected chi connectivity index (χ0v) is 14.3. The van der Waals surface area contributed by atoms with Crippen molar-refractivity contribution in [1.82, 2.24) is 10.2 Å². The van der Waals surface area contributed by atoms with Crippen LogP contribution >= 0.6 is 11.8 Å². The summed E-state index contributed by atoms with van der Waals surface area (Å²) in [5.41, 5.74) is 0. The van der Waals surface area contributed by atoms with Gasteiger partial charge in [-0.05, 0) is 26.3 Å². The van der Waals surface area contributed by atoms with Crippen LogP contribution in [-0.4, -0.2) is 75.8 Å². The van der Waals surface area contributed by atoms with E-state index in [4.69, 9.17) is 4.74 Å². The number of sulfone groups is 1. The highest BCUT2D eigenvalue weighted by atomic mass is 32.2. The van der Waals surface area contributed by atoms with Crippen molar-refractivity contribution in [1.29, 1.82) is 0 Å². The monoisotopic (exact) mass is 324 g/mol. The number of ether oxygens (including phenoxy) is 1. The van der Waals surface area contributed by atoms with E-state index in [9.17, 15) is 8.42 Å². The van der Waals surface area contributed by atoms with Gasteiger partial charge < -0.3 is 10.1 Å². The van der Waals surface area contributed by atoms with E-state index < -0.39 is 9.84 Å². The molecule has 1 heterocycles. The van der Waals surface area contributed by atoms with E-state index in [-0.39, 0.29) is 5.37 Å². The SMILES string of the molecule is CCOCCCCNCCN1CCSCC1S(C)(=O)=O. The lowest BCUT2D eigenvalue weighted by Gasteiger charge is -2.33. The summed E-state index contributed by atoms with van der Waals surface area (Å²) in [6.45, 7) is 7.13. The Morgan fingerprint density at radius 1 is 1.35 bits per heavy atom. The fraction of sp³-hybridized carbons (Fsp3) is 1.00. The first-order valence-corrected chi connectivity index (χ1v) is 10.5. The molecular formula is C13H28N2O3S2. The van der Waals surface area contributed by atoms with Crippen LogP contribution in [0, 0.1) is 0 Å². The van der Waals surface area contributed by atoms with Gasteiger partial charge in [-0.2, -0.15) is 11.8 Å². The molecule has 1 fully saturated rings. The Hall–Kier alpha value is 0.180. The molecule has 20 heavy (non-hydrogen) atoms. The number of thioether (sulfide) groups is 1. The molecule has 1 saturated heterocycles. The Bertz CT molecular complexity index is 350. The minimum atomic E-state index is -2.97. The summed E-state index contributed by atoms with van der Waals surface area (Å²) in [6, 6.07) is 0. The zero-order chi connectivity index (χ0) is 14.8. The van der Waals surface area contributed by atoms with Gasteiger partial charge in [-0.15, -0.1) is 0 Å². The van der Waals surface area contributed by atoms with Gasteiger partial charge in [-0.1, -0.05) is 0 Å². The second-order valence-electron chi connectivity index (χ2n) is 5.05. The van der Waals surface area contributed by atoms with Crippen molar-refractivity contribution >= 4 is 21.6 Å². The average Bonchev–Trinajstić information content (AvgIpc) is 2.41. The molecule has 0 bridgehead atoms. The first kappa shape index (κ1) is 18.2. The third kappa shape index (κ3) is 7.26.